The maximum Gasteiger partial charge on any atom is 0.274 e. The van der Waals surface area contributed by atoms with Crippen molar-refractivity contribution < 1.29 is 80.5 Å². The van der Waals surface area contributed by atoms with E-state index in [4.69, 9.17) is 10.5 Å². The van der Waals surface area contributed by atoms with Gasteiger partial charge in [-0.05, 0) is 32.1 Å². The van der Waals surface area contributed by atoms with Crippen LogP contribution in [0.15, 0.2) is 24.8 Å². The molecule has 406 valence electrons. The second-order valence-electron chi connectivity index (χ2n) is 18.0. The van der Waals surface area contributed by atoms with Crippen LogP contribution in [0.3, 0.4) is 0 Å². The van der Waals surface area contributed by atoms with E-state index in [0.29, 0.717) is 12.2 Å². The van der Waals surface area contributed by atoms with Crippen LogP contribution < -0.4 is 35.9 Å². The highest BCUT2D eigenvalue weighted by atomic mass is 32.2. The second-order valence-corrected chi connectivity index (χ2v) is 23.2. The molecule has 1 saturated heterocycles. The van der Waals surface area contributed by atoms with E-state index < -0.39 is 84.6 Å². The maximum absolute atomic E-state index is 12.7. The molecule has 0 aromatic carbocycles. The molecule has 3 rings (SSSR count). The molecule has 1 aliphatic rings. The number of nitrogens with one attached hydrogen (secondary N) is 2. The summed E-state index contributed by atoms with van der Waals surface area (Å²) in [6.07, 6.45) is 18.3. The number of unbranched alkanes of at least 4 members (excludes halogenated alkanes) is 15. The Morgan fingerprint density at radius 2 is 1.45 bits per heavy atom. The van der Waals surface area contributed by atoms with E-state index in [1.54, 1.807) is 0 Å². The molecule has 2 aromatic heterocycles. The molecule has 0 aliphatic carbocycles. The summed E-state index contributed by atoms with van der Waals surface area (Å²) in [4.78, 5) is 97.0. The van der Waals surface area contributed by atoms with Gasteiger partial charge >= 0.3 is 0 Å². The molecular weight excluding hydrogens is 1010 g/mol. The number of aliphatic hydroxyl groups excluding tert-OH is 2. The lowest BCUT2D eigenvalue weighted by Crippen LogP contribution is -2.46. The highest BCUT2D eigenvalue weighted by Crippen LogP contribution is 2.56. The number of thioether (sulfide) groups is 1. The molecule has 0 spiro atoms. The first-order valence-corrected chi connectivity index (χ1v) is 29.5. The molecule has 71 heavy (non-hydrogen) atoms. The number of phosphoric acid groups is 3. The van der Waals surface area contributed by atoms with Crippen LogP contribution in [0.1, 0.15) is 149 Å². The monoisotopic (exact) mass is 1080 g/mol. The molecule has 0 radical (unpaired) electrons. The summed E-state index contributed by atoms with van der Waals surface area (Å²) in [7, 11) is -17.6. The van der Waals surface area contributed by atoms with Gasteiger partial charge in [-0.1, -0.05) is 122 Å². The number of fused-ring (bicyclic) bond motifs is 1. The summed E-state index contributed by atoms with van der Waals surface area (Å²) >= 11 is 1.14. The number of nitrogens with zero attached hydrogens (tertiary/aromatic N) is 4. The highest BCUT2D eigenvalue weighted by molar-refractivity contribution is 8.13. The van der Waals surface area contributed by atoms with Crippen molar-refractivity contribution in [3.63, 3.8) is 0 Å². The van der Waals surface area contributed by atoms with Crippen LogP contribution in [-0.4, -0.2) is 103 Å². The first-order valence-electron chi connectivity index (χ1n) is 24.2. The summed E-state index contributed by atoms with van der Waals surface area (Å²) in [6, 6.07) is 0. The molecule has 6 N–H and O–H groups in total. The number of aliphatic hydroxyl groups is 2. The van der Waals surface area contributed by atoms with E-state index in [0.717, 1.165) is 48.2 Å². The van der Waals surface area contributed by atoms with E-state index in [1.165, 1.54) is 104 Å². The van der Waals surface area contributed by atoms with Crippen molar-refractivity contribution in [1.29, 1.82) is 0 Å². The van der Waals surface area contributed by atoms with Crippen LogP contribution >= 0.6 is 35.2 Å². The number of rotatable bonds is 38. The number of allylic oxidation sites excluding steroid dienone is 2. The summed E-state index contributed by atoms with van der Waals surface area (Å²) in [6.45, 7) is 2.42. The van der Waals surface area contributed by atoms with Gasteiger partial charge in [-0.2, -0.15) is 0 Å². The van der Waals surface area contributed by atoms with Crippen LogP contribution in [0.5, 0.6) is 0 Å². The predicted molar refractivity (Wildman–Crippen MR) is 256 cm³/mol. The number of phosphoric ester groups is 3. The zero-order valence-corrected chi connectivity index (χ0v) is 44.3. The normalized spacial score (nSPS) is 19.7. The zero-order valence-electron chi connectivity index (χ0n) is 40.8. The Bertz CT molecular complexity index is 2120. The summed E-state index contributed by atoms with van der Waals surface area (Å²) in [5.41, 5.74) is 4.10. The first kappa shape index (κ1) is 62.6. The third-order valence-electron chi connectivity index (χ3n) is 11.4. The van der Waals surface area contributed by atoms with E-state index in [1.807, 2.05) is 0 Å². The quantitative estimate of drug-likeness (QED) is 0.0363. The number of hydrogen-bond acceptors (Lipinski definition) is 22. The summed E-state index contributed by atoms with van der Waals surface area (Å²) in [5, 5.41) is 26.5. The zero-order chi connectivity index (χ0) is 52.5. The maximum atomic E-state index is 12.7. The Labute approximate surface area is 419 Å². The minimum atomic E-state index is -5.92. The number of nitrogen functional groups attached to an aromatic ring is 1. The van der Waals surface area contributed by atoms with Crippen molar-refractivity contribution in [1.82, 2.24) is 30.2 Å². The Balaban J connectivity index is 1.25. The second kappa shape index (κ2) is 31.9. The Hall–Kier alpha value is -2.70. The number of carbonyl (C=O) groups is 3. The van der Waals surface area contributed by atoms with Gasteiger partial charge in [0.15, 0.2) is 22.8 Å². The van der Waals surface area contributed by atoms with E-state index >= 15 is 0 Å². The Kier molecular flexibility index (Phi) is 28.1. The van der Waals surface area contributed by atoms with Crippen molar-refractivity contribution in [3.8, 4) is 0 Å². The summed E-state index contributed by atoms with van der Waals surface area (Å²) < 4.78 is 60.9. The average molecular weight is 1080 g/mol. The number of amides is 2. The van der Waals surface area contributed by atoms with Gasteiger partial charge in [-0.3, -0.25) is 28.1 Å². The molecule has 0 saturated carbocycles. The standard InChI is InChI=1S/C43H76N7O17P3S/c1-4-5-6-7-8-9-10-11-12-13-14-15-16-17-18-19-20-21-22-23-34(52)71-27-26-45-33(51)24-25-46-41(55)38(54)43(2,3)29-64-70(61,62)67-69(59,60)63-28-32-37(66-68(56,57)58)36(53)42(65-32)50-31-49-35-39(44)47-30-48-40(35)50/h11-12,30-32,36-38,42,53-54H,4-10,13-29H2,1-3H3,(H,45,51)(H,46,55)(H,59,60)(H,61,62)(H2,44,47,48)(H2,56,57,58)/p-4/b12-11-/t32-,36-,37-,38+,42-/m1/s1. The molecular formula is C43H72N7O17P3S-4. The van der Waals surface area contributed by atoms with Gasteiger partial charge in [-0.15, -0.1) is 0 Å². The van der Waals surface area contributed by atoms with Gasteiger partial charge in [0.25, 0.3) is 15.6 Å². The van der Waals surface area contributed by atoms with Gasteiger partial charge in [0, 0.05) is 37.1 Å². The van der Waals surface area contributed by atoms with Crippen LogP contribution in [0.25, 0.3) is 11.2 Å². The fourth-order valence-electron chi connectivity index (χ4n) is 7.39. The van der Waals surface area contributed by atoms with Crippen molar-refractivity contribution in [2.24, 2.45) is 5.41 Å². The largest absolute Gasteiger partial charge is 0.790 e. The first-order chi connectivity index (χ1) is 33.6. The van der Waals surface area contributed by atoms with E-state index in [-0.39, 0.29) is 41.6 Å². The van der Waals surface area contributed by atoms with Gasteiger partial charge in [0.1, 0.15) is 36.3 Å². The molecule has 0 bridgehead atoms. The minimum Gasteiger partial charge on any atom is -0.790 e. The van der Waals surface area contributed by atoms with E-state index in [2.05, 4.69) is 62.5 Å². The van der Waals surface area contributed by atoms with Crippen molar-refractivity contribution in [3.05, 3.63) is 24.8 Å². The molecule has 24 nitrogen and oxygen atoms in total. The minimum absolute atomic E-state index is 0.0182. The van der Waals surface area contributed by atoms with Crippen LogP contribution in [0.2, 0.25) is 0 Å². The van der Waals surface area contributed by atoms with Crippen molar-refractivity contribution >= 4 is 69.1 Å². The molecule has 2 aromatic rings. The Morgan fingerprint density at radius 3 is 2.07 bits per heavy atom. The smallest absolute Gasteiger partial charge is 0.274 e. The predicted octanol–water partition coefficient (Wildman–Crippen LogP) is 3.73. The van der Waals surface area contributed by atoms with Crippen molar-refractivity contribution in [2.75, 3.05) is 37.8 Å². The molecule has 2 unspecified atom stereocenters. The number of aromatic nitrogens is 4. The third kappa shape index (κ3) is 24.5. The van der Waals surface area contributed by atoms with Crippen LogP contribution in [0, 0.1) is 5.41 Å². The van der Waals surface area contributed by atoms with Crippen molar-refractivity contribution in [2.45, 2.75) is 173 Å². The molecule has 2 amide bonds. The van der Waals surface area contributed by atoms with Gasteiger partial charge < -0.3 is 69.0 Å². The van der Waals surface area contributed by atoms with Gasteiger partial charge in [0.05, 0.1) is 27.4 Å². The number of imidazole rings is 1. The lowest BCUT2D eigenvalue weighted by atomic mass is 9.87. The SMILES string of the molecule is CCCCCCCC/C=C\CCCCCCCCCCCC(=O)SCCNC(=O)CCNC(=O)[C@H](O)C(C)(C)COP(=O)([O-])OP(=O)([O-])OC[C@H]1O[C@@H](n2cnc3c(N)ncnc32)[C@H](O)[C@@H]1OP(=O)([O-])[O-]. The topological polar surface area (TPSA) is 375 Å². The lowest BCUT2D eigenvalue weighted by Gasteiger charge is -2.36. The molecule has 28 heteroatoms. The third-order valence-corrected chi connectivity index (χ3v) is 15.3. The summed E-state index contributed by atoms with van der Waals surface area (Å²) in [5.74, 6) is -1.13. The average Bonchev–Trinajstić information content (AvgIpc) is 3.86. The Morgan fingerprint density at radius 1 is 0.859 bits per heavy atom. The molecule has 1 fully saturated rings. The number of carbonyl (C=O) groups excluding carboxylic acids is 3. The van der Waals surface area contributed by atoms with Gasteiger partial charge in [0.2, 0.25) is 11.8 Å². The lowest BCUT2D eigenvalue weighted by molar-refractivity contribution is -0.347. The highest BCUT2D eigenvalue weighted by Gasteiger charge is 2.47. The fraction of sp³-hybridized carbons (Fsp3) is 0.767. The number of hydrogen-bond donors (Lipinski definition) is 5. The fourth-order valence-corrected chi connectivity index (χ4v) is 10.8. The number of nitrogens with two attached hydrogens (primary N) is 1. The van der Waals surface area contributed by atoms with Crippen LogP contribution in [-0.2, 0) is 50.7 Å². The van der Waals surface area contributed by atoms with Gasteiger partial charge in [-0.25, -0.2) is 19.3 Å². The molecule has 1 aliphatic heterocycles. The molecule has 7 atom stereocenters. The number of anilines is 1. The van der Waals surface area contributed by atoms with E-state index in [9.17, 15) is 57.9 Å². The number of ether oxygens (including phenoxy) is 1. The molecule has 3 heterocycles. The van der Waals surface area contributed by atoms with Crippen LogP contribution in [0.4, 0.5) is 5.82 Å².